The highest BCUT2D eigenvalue weighted by Gasteiger charge is 2.28. The van der Waals surface area contributed by atoms with Crippen molar-refractivity contribution in [2.75, 3.05) is 15.5 Å². The van der Waals surface area contributed by atoms with Crippen molar-refractivity contribution < 1.29 is 14.4 Å². The smallest absolute Gasteiger partial charge is 0.241 e. The first kappa shape index (κ1) is 22.3. The van der Waals surface area contributed by atoms with Gasteiger partial charge in [-0.15, -0.1) is 0 Å². The van der Waals surface area contributed by atoms with E-state index >= 15 is 0 Å². The fourth-order valence-corrected chi connectivity index (χ4v) is 4.45. The number of hydrogen-bond donors (Lipinski definition) is 2. The summed E-state index contributed by atoms with van der Waals surface area (Å²) in [4.78, 5) is 39.5. The molecule has 0 saturated heterocycles. The average Bonchev–Trinajstić information content (AvgIpc) is 2.98. The zero-order valence-corrected chi connectivity index (χ0v) is 19.4. The van der Waals surface area contributed by atoms with Crippen LogP contribution in [0.25, 0.3) is 10.8 Å². The molecule has 0 atom stereocenters. The van der Waals surface area contributed by atoms with Gasteiger partial charge in [-0.05, 0) is 60.2 Å². The van der Waals surface area contributed by atoms with Gasteiger partial charge in [0.05, 0.1) is 11.4 Å². The maximum absolute atomic E-state index is 13.0. The molecule has 0 aliphatic carbocycles. The summed E-state index contributed by atoms with van der Waals surface area (Å²) in [5, 5.41) is 7.68. The second-order valence-corrected chi connectivity index (χ2v) is 8.66. The van der Waals surface area contributed by atoms with Crippen molar-refractivity contribution in [1.82, 2.24) is 0 Å². The van der Waals surface area contributed by atoms with Crippen LogP contribution in [0.5, 0.6) is 0 Å². The number of anilines is 4. The zero-order valence-electron chi connectivity index (χ0n) is 19.4. The largest absolute Gasteiger partial charge is 0.326 e. The van der Waals surface area contributed by atoms with Crippen LogP contribution < -0.4 is 15.5 Å². The predicted molar refractivity (Wildman–Crippen MR) is 139 cm³/mol. The van der Waals surface area contributed by atoms with E-state index in [1.54, 1.807) is 29.2 Å². The van der Waals surface area contributed by atoms with Crippen LogP contribution >= 0.6 is 0 Å². The van der Waals surface area contributed by atoms with E-state index in [1.165, 1.54) is 5.56 Å². The van der Waals surface area contributed by atoms with Crippen LogP contribution in [0.1, 0.15) is 24.0 Å². The van der Waals surface area contributed by atoms with Crippen molar-refractivity contribution in [3.05, 3.63) is 96.1 Å². The second kappa shape index (κ2) is 9.43. The Morgan fingerprint density at radius 1 is 0.914 bits per heavy atom. The van der Waals surface area contributed by atoms with Crippen LogP contribution in [0, 0.1) is 6.92 Å². The molecule has 4 aromatic rings. The lowest BCUT2D eigenvalue weighted by atomic mass is 10.0. The highest BCUT2D eigenvalue weighted by molar-refractivity contribution is 6.21. The Morgan fingerprint density at radius 3 is 2.46 bits per heavy atom. The first-order valence-corrected chi connectivity index (χ1v) is 11.6. The number of fused-ring (bicyclic) bond motifs is 3. The van der Waals surface area contributed by atoms with Crippen LogP contribution in [-0.4, -0.2) is 17.7 Å². The van der Waals surface area contributed by atoms with Crippen molar-refractivity contribution in [2.24, 2.45) is 0 Å². The van der Waals surface area contributed by atoms with Crippen molar-refractivity contribution >= 4 is 51.2 Å². The van der Waals surface area contributed by atoms with E-state index < -0.39 is 0 Å². The molecular formula is C29H25N3O3. The Morgan fingerprint density at radius 2 is 1.66 bits per heavy atom. The van der Waals surface area contributed by atoms with Gasteiger partial charge in [-0.2, -0.15) is 0 Å². The molecule has 35 heavy (non-hydrogen) atoms. The lowest BCUT2D eigenvalue weighted by Crippen LogP contribution is -2.26. The van der Waals surface area contributed by atoms with Crippen molar-refractivity contribution in [1.29, 1.82) is 0 Å². The van der Waals surface area contributed by atoms with Gasteiger partial charge in [0.25, 0.3) is 0 Å². The number of hydrogen-bond acceptors (Lipinski definition) is 3. The summed E-state index contributed by atoms with van der Waals surface area (Å²) in [5.74, 6) is -0.724. The van der Waals surface area contributed by atoms with Gasteiger partial charge in [0.1, 0.15) is 6.42 Å². The Kier molecular flexibility index (Phi) is 6.02. The molecule has 0 radical (unpaired) electrons. The Bertz CT molecular complexity index is 1440. The molecule has 6 heteroatoms. The molecule has 1 aliphatic heterocycles. The lowest BCUT2D eigenvalue weighted by Gasteiger charge is -2.23. The average molecular weight is 464 g/mol. The molecule has 0 bridgehead atoms. The molecule has 2 N–H and O–H groups in total. The van der Waals surface area contributed by atoms with E-state index in [-0.39, 0.29) is 24.1 Å². The molecule has 4 aromatic carbocycles. The molecule has 0 saturated carbocycles. The molecular weight excluding hydrogens is 438 g/mol. The van der Waals surface area contributed by atoms with Gasteiger partial charge in [-0.1, -0.05) is 54.6 Å². The number of nitrogens with one attached hydrogen (secondary N) is 2. The first-order chi connectivity index (χ1) is 17.0. The van der Waals surface area contributed by atoms with E-state index in [0.717, 1.165) is 16.3 Å². The van der Waals surface area contributed by atoms with Gasteiger partial charge in [0, 0.05) is 23.2 Å². The minimum absolute atomic E-state index is 0.0709. The monoisotopic (exact) mass is 463 g/mol. The molecule has 0 unspecified atom stereocenters. The Hall–Kier alpha value is -4.45. The van der Waals surface area contributed by atoms with Gasteiger partial charge in [-0.3, -0.25) is 19.3 Å². The number of carbonyl (C=O) groups excluding carboxylic acids is 3. The molecule has 1 heterocycles. The maximum Gasteiger partial charge on any atom is 0.241 e. The van der Waals surface area contributed by atoms with Gasteiger partial charge >= 0.3 is 0 Å². The molecule has 0 fully saturated rings. The third kappa shape index (κ3) is 4.64. The molecule has 174 valence electrons. The fourth-order valence-electron chi connectivity index (χ4n) is 4.45. The number of benzene rings is 4. The third-order valence-electron chi connectivity index (χ3n) is 6.27. The summed E-state index contributed by atoms with van der Waals surface area (Å²) < 4.78 is 0. The highest BCUT2D eigenvalue weighted by Crippen LogP contribution is 2.40. The molecule has 5 rings (SSSR count). The quantitative estimate of drug-likeness (QED) is 0.371. The van der Waals surface area contributed by atoms with Crippen molar-refractivity contribution in [3.63, 3.8) is 0 Å². The number of aryl methyl sites for hydroxylation is 2. The minimum Gasteiger partial charge on any atom is -0.326 e. The standard InChI is InChI=1S/C29H25N3O3/c1-19-6-2-3-7-20(19)11-17-26(33)30-22-12-14-23(15-13-22)32-25-16-10-21-8-4-5-9-24(21)29(25)31-27(34)18-28(32)35/h2-10,12-16H,11,17-18H2,1H3,(H,30,33)(H,31,34). The maximum atomic E-state index is 13.0. The summed E-state index contributed by atoms with van der Waals surface area (Å²) >= 11 is 0. The Balaban J connectivity index is 1.37. The van der Waals surface area contributed by atoms with Crippen LogP contribution in [0.15, 0.2) is 84.9 Å². The van der Waals surface area contributed by atoms with Gasteiger partial charge in [-0.25, -0.2) is 0 Å². The normalized spacial score (nSPS) is 13.2. The summed E-state index contributed by atoms with van der Waals surface area (Å²) in [6, 6.07) is 26.7. The van der Waals surface area contributed by atoms with Gasteiger partial charge in [0.15, 0.2) is 0 Å². The van der Waals surface area contributed by atoms with Crippen molar-refractivity contribution in [2.45, 2.75) is 26.2 Å². The first-order valence-electron chi connectivity index (χ1n) is 11.6. The van der Waals surface area contributed by atoms with Crippen molar-refractivity contribution in [3.8, 4) is 0 Å². The molecule has 0 aromatic heterocycles. The SMILES string of the molecule is Cc1ccccc1CCC(=O)Nc1ccc(N2C(=O)CC(=O)Nc3c2ccc2ccccc32)cc1. The van der Waals surface area contributed by atoms with Crippen LogP contribution in [-0.2, 0) is 20.8 Å². The van der Waals surface area contributed by atoms with Crippen LogP contribution in [0.2, 0.25) is 0 Å². The van der Waals surface area contributed by atoms with Gasteiger partial charge in [0.2, 0.25) is 17.7 Å². The number of amides is 3. The minimum atomic E-state index is -0.340. The Labute approximate surface area is 203 Å². The number of nitrogens with zero attached hydrogens (tertiary/aromatic N) is 1. The molecule has 3 amide bonds. The molecule has 6 nitrogen and oxygen atoms in total. The summed E-state index contributed by atoms with van der Waals surface area (Å²) in [5.41, 5.74) is 4.85. The highest BCUT2D eigenvalue weighted by atomic mass is 16.2. The van der Waals surface area contributed by atoms with Crippen LogP contribution in [0.4, 0.5) is 22.7 Å². The molecule has 0 spiro atoms. The van der Waals surface area contributed by atoms with E-state index in [1.807, 2.05) is 67.6 Å². The zero-order chi connectivity index (χ0) is 24.4. The lowest BCUT2D eigenvalue weighted by molar-refractivity contribution is -0.124. The van der Waals surface area contributed by atoms with E-state index in [4.69, 9.17) is 0 Å². The third-order valence-corrected chi connectivity index (χ3v) is 6.27. The van der Waals surface area contributed by atoms with E-state index in [0.29, 0.717) is 35.6 Å². The summed E-state index contributed by atoms with van der Waals surface area (Å²) in [6.07, 6.45) is 0.802. The summed E-state index contributed by atoms with van der Waals surface area (Å²) in [7, 11) is 0. The van der Waals surface area contributed by atoms with E-state index in [9.17, 15) is 14.4 Å². The number of carbonyl (C=O) groups is 3. The summed E-state index contributed by atoms with van der Waals surface area (Å²) in [6.45, 7) is 2.04. The molecule has 1 aliphatic rings. The van der Waals surface area contributed by atoms with Crippen LogP contribution in [0.3, 0.4) is 0 Å². The predicted octanol–water partition coefficient (Wildman–Crippen LogP) is 5.73. The fraction of sp³-hybridized carbons (Fsp3) is 0.138. The number of rotatable bonds is 5. The van der Waals surface area contributed by atoms with Gasteiger partial charge < -0.3 is 10.6 Å². The topological polar surface area (TPSA) is 78.5 Å². The van der Waals surface area contributed by atoms with E-state index in [2.05, 4.69) is 10.6 Å². The second-order valence-electron chi connectivity index (χ2n) is 8.66.